The highest BCUT2D eigenvalue weighted by Gasteiger charge is 2.25. The molecule has 0 aliphatic heterocycles. The molecule has 1 saturated carbocycles. The Bertz CT molecular complexity index is 876. The summed E-state index contributed by atoms with van der Waals surface area (Å²) in [5, 5.41) is 6.39. The lowest BCUT2D eigenvalue weighted by Crippen LogP contribution is -2.37. The molecule has 0 spiro atoms. The van der Waals surface area contributed by atoms with Crippen molar-refractivity contribution in [2.24, 2.45) is 5.92 Å². The van der Waals surface area contributed by atoms with Crippen LogP contribution >= 0.6 is 0 Å². The van der Waals surface area contributed by atoms with Crippen LogP contribution in [0.1, 0.15) is 31.2 Å². The molecule has 0 aromatic heterocycles. The Morgan fingerprint density at radius 3 is 2.52 bits per heavy atom. The van der Waals surface area contributed by atoms with Crippen molar-refractivity contribution in [3.8, 4) is 16.9 Å². The number of carbonyl (C=O) groups excluding carboxylic acids is 1. The molecule has 1 fully saturated rings. The maximum Gasteiger partial charge on any atom is 0.223 e. The third-order valence-corrected chi connectivity index (χ3v) is 6.72. The smallest absolute Gasteiger partial charge is 0.223 e. The van der Waals surface area contributed by atoms with Crippen molar-refractivity contribution in [1.82, 2.24) is 10.6 Å². The molecule has 6 heteroatoms. The van der Waals surface area contributed by atoms with Crippen LogP contribution in [0.3, 0.4) is 0 Å². The number of rotatable bonds is 7. The van der Waals surface area contributed by atoms with Crippen molar-refractivity contribution in [2.75, 3.05) is 20.4 Å². The van der Waals surface area contributed by atoms with E-state index in [1.807, 2.05) is 49.5 Å². The van der Waals surface area contributed by atoms with Crippen LogP contribution < -0.4 is 15.4 Å². The zero-order chi connectivity index (χ0) is 20.8. The molecule has 0 saturated heterocycles. The van der Waals surface area contributed by atoms with Gasteiger partial charge in [0.25, 0.3) is 0 Å². The molecule has 3 rings (SSSR count). The van der Waals surface area contributed by atoms with E-state index in [2.05, 4.69) is 10.6 Å². The minimum atomic E-state index is -1.08. The van der Waals surface area contributed by atoms with Gasteiger partial charge >= 0.3 is 0 Å². The molecule has 1 amide bonds. The molecule has 2 aromatic rings. The average molecular weight is 415 g/mol. The Kier molecular flexibility index (Phi) is 7.45. The number of hydrogen-bond donors (Lipinski definition) is 2. The zero-order valence-corrected chi connectivity index (χ0v) is 18.2. The van der Waals surface area contributed by atoms with E-state index in [1.165, 1.54) is 0 Å². The van der Waals surface area contributed by atoms with E-state index in [-0.39, 0.29) is 11.8 Å². The largest absolute Gasteiger partial charge is 0.496 e. The van der Waals surface area contributed by atoms with Gasteiger partial charge < -0.3 is 15.4 Å². The summed E-state index contributed by atoms with van der Waals surface area (Å²) in [5.74, 6) is 0.933. The fourth-order valence-corrected chi connectivity index (χ4v) is 4.78. The van der Waals surface area contributed by atoms with Gasteiger partial charge in [-0.3, -0.25) is 9.00 Å². The SMILES string of the molecule is CNC1CCC(C(=O)NCc2cc(-c3ccccc3S(C)=O)ccc2OC)CC1. The molecule has 5 nitrogen and oxygen atoms in total. The third kappa shape index (κ3) is 5.25. The molecule has 0 heterocycles. The van der Waals surface area contributed by atoms with Gasteiger partial charge in [0, 0.05) is 35.2 Å². The summed E-state index contributed by atoms with van der Waals surface area (Å²) >= 11 is 0. The lowest BCUT2D eigenvalue weighted by molar-refractivity contribution is -0.126. The molecule has 0 bridgehead atoms. The summed E-state index contributed by atoms with van der Waals surface area (Å²) in [7, 11) is 2.54. The number of nitrogens with one attached hydrogen (secondary N) is 2. The molecule has 1 aliphatic rings. The summed E-state index contributed by atoms with van der Waals surface area (Å²) in [6.07, 6.45) is 5.61. The number of hydrogen-bond acceptors (Lipinski definition) is 4. The van der Waals surface area contributed by atoms with Gasteiger partial charge in [0.15, 0.2) is 0 Å². The Morgan fingerprint density at radius 1 is 1.14 bits per heavy atom. The van der Waals surface area contributed by atoms with Crippen LogP contribution in [0.25, 0.3) is 11.1 Å². The summed E-state index contributed by atoms with van der Waals surface area (Å²) in [6.45, 7) is 0.416. The zero-order valence-electron chi connectivity index (χ0n) is 17.4. The van der Waals surface area contributed by atoms with Crippen molar-refractivity contribution in [3.05, 3.63) is 48.0 Å². The Morgan fingerprint density at radius 2 is 1.86 bits per heavy atom. The third-order valence-electron chi connectivity index (χ3n) is 5.75. The van der Waals surface area contributed by atoms with E-state index in [1.54, 1.807) is 13.4 Å². The summed E-state index contributed by atoms with van der Waals surface area (Å²) in [6, 6.07) is 14.1. The molecular weight excluding hydrogens is 384 g/mol. The lowest BCUT2D eigenvalue weighted by Gasteiger charge is -2.27. The molecule has 0 radical (unpaired) electrons. The summed E-state index contributed by atoms with van der Waals surface area (Å²) in [4.78, 5) is 13.5. The highest BCUT2D eigenvalue weighted by Crippen LogP contribution is 2.30. The molecule has 1 unspecified atom stereocenters. The van der Waals surface area contributed by atoms with Crippen LogP contribution in [0.2, 0.25) is 0 Å². The number of amides is 1. The monoisotopic (exact) mass is 414 g/mol. The predicted molar refractivity (Wildman–Crippen MR) is 117 cm³/mol. The van der Waals surface area contributed by atoms with Gasteiger partial charge in [-0.15, -0.1) is 0 Å². The fraction of sp³-hybridized carbons (Fsp3) is 0.435. The van der Waals surface area contributed by atoms with E-state index in [4.69, 9.17) is 4.74 Å². The topological polar surface area (TPSA) is 67.4 Å². The number of benzene rings is 2. The molecule has 2 N–H and O–H groups in total. The second-order valence-electron chi connectivity index (χ2n) is 7.53. The first-order valence-electron chi connectivity index (χ1n) is 10.1. The van der Waals surface area contributed by atoms with E-state index < -0.39 is 10.8 Å². The Labute approximate surface area is 175 Å². The maximum absolute atomic E-state index is 12.7. The maximum atomic E-state index is 12.7. The van der Waals surface area contributed by atoms with Crippen molar-refractivity contribution in [1.29, 1.82) is 0 Å². The number of ether oxygens (including phenoxy) is 1. The van der Waals surface area contributed by atoms with E-state index in [9.17, 15) is 9.00 Å². The normalized spacial score (nSPS) is 20.1. The first-order chi connectivity index (χ1) is 14.0. The summed E-state index contributed by atoms with van der Waals surface area (Å²) in [5.41, 5.74) is 2.82. The Hall–Kier alpha value is -2.18. The van der Waals surface area contributed by atoms with Crippen molar-refractivity contribution in [3.63, 3.8) is 0 Å². The molecule has 2 aromatic carbocycles. The Balaban J connectivity index is 1.75. The fourth-order valence-electron chi connectivity index (χ4n) is 4.01. The van der Waals surface area contributed by atoms with Crippen LogP contribution in [0.15, 0.2) is 47.4 Å². The van der Waals surface area contributed by atoms with Gasteiger partial charge in [0.1, 0.15) is 5.75 Å². The van der Waals surface area contributed by atoms with Crippen molar-refractivity contribution in [2.45, 2.75) is 43.2 Å². The number of carbonyl (C=O) groups is 1. The van der Waals surface area contributed by atoms with Crippen LogP contribution in [0.5, 0.6) is 5.75 Å². The minimum absolute atomic E-state index is 0.0806. The van der Waals surface area contributed by atoms with Gasteiger partial charge in [0.05, 0.1) is 17.9 Å². The summed E-state index contributed by atoms with van der Waals surface area (Å²) < 4.78 is 17.6. The highest BCUT2D eigenvalue weighted by atomic mass is 32.2. The second-order valence-corrected chi connectivity index (χ2v) is 8.88. The van der Waals surface area contributed by atoms with Gasteiger partial charge in [-0.25, -0.2) is 0 Å². The molecular formula is C23H30N2O3S. The van der Waals surface area contributed by atoms with Gasteiger partial charge in [-0.05, 0) is 62.1 Å². The van der Waals surface area contributed by atoms with Crippen LogP contribution in [0.4, 0.5) is 0 Å². The first kappa shape index (κ1) is 21.5. The van der Waals surface area contributed by atoms with Crippen LogP contribution in [-0.4, -0.2) is 36.6 Å². The number of methoxy groups -OCH3 is 1. The predicted octanol–water partition coefficient (Wildman–Crippen LogP) is 3.49. The van der Waals surface area contributed by atoms with E-state index >= 15 is 0 Å². The quantitative estimate of drug-likeness (QED) is 0.728. The highest BCUT2D eigenvalue weighted by molar-refractivity contribution is 7.84. The van der Waals surface area contributed by atoms with Gasteiger partial charge in [0.2, 0.25) is 5.91 Å². The van der Waals surface area contributed by atoms with Gasteiger partial charge in [-0.2, -0.15) is 0 Å². The second kappa shape index (κ2) is 10.0. The first-order valence-corrected chi connectivity index (χ1v) is 11.6. The van der Waals surface area contributed by atoms with Crippen LogP contribution in [-0.2, 0) is 22.1 Å². The lowest BCUT2D eigenvalue weighted by atomic mass is 9.85. The van der Waals surface area contributed by atoms with Crippen LogP contribution in [0, 0.1) is 5.92 Å². The van der Waals surface area contributed by atoms with E-state index in [0.717, 1.165) is 53.0 Å². The van der Waals surface area contributed by atoms with Gasteiger partial charge in [-0.1, -0.05) is 24.3 Å². The molecule has 156 valence electrons. The van der Waals surface area contributed by atoms with Crippen molar-refractivity contribution >= 4 is 16.7 Å². The molecule has 1 aliphatic carbocycles. The average Bonchev–Trinajstić information content (AvgIpc) is 2.77. The standard InChI is InChI=1S/C23H30N2O3S/c1-24-19-11-8-16(9-12-19)23(26)25-15-18-14-17(10-13-21(18)28-2)20-6-4-5-7-22(20)29(3)27/h4-7,10,13-14,16,19,24H,8-9,11-12,15H2,1-3H3,(H,25,26). The minimum Gasteiger partial charge on any atom is -0.496 e. The molecule has 1 atom stereocenters. The van der Waals surface area contributed by atoms with Crippen molar-refractivity contribution < 1.29 is 13.7 Å². The molecule has 29 heavy (non-hydrogen) atoms. The van der Waals surface area contributed by atoms with E-state index in [0.29, 0.717) is 12.6 Å².